The Labute approximate surface area is 140 Å². The van der Waals surface area contributed by atoms with Gasteiger partial charge in [-0.3, -0.25) is 9.98 Å². The van der Waals surface area contributed by atoms with Crippen LogP contribution in [0.3, 0.4) is 0 Å². The maximum atomic E-state index is 5.09. The second kappa shape index (κ2) is 4.71. The molecule has 116 valence electrons. The summed E-state index contributed by atoms with van der Waals surface area (Å²) in [7, 11) is 0. The van der Waals surface area contributed by atoms with Gasteiger partial charge in [-0.25, -0.2) is 4.98 Å². The quantitative estimate of drug-likeness (QED) is 0.657. The van der Waals surface area contributed by atoms with Crippen molar-refractivity contribution in [1.82, 2.24) is 9.97 Å². The lowest BCUT2D eigenvalue weighted by atomic mass is 9.66. The topological polar surface area (TPSA) is 38.1 Å². The number of benzene rings is 1. The number of aliphatic imine (C=N–C) groups is 1. The molecular formula is C19H19N3S. The Morgan fingerprint density at radius 1 is 1.00 bits per heavy atom. The Hall–Kier alpha value is -2.07. The molecule has 0 unspecified atom stereocenters. The van der Waals surface area contributed by atoms with Crippen LogP contribution in [-0.2, 0) is 5.41 Å². The first-order valence-corrected chi connectivity index (χ1v) is 8.68. The third-order valence-corrected chi connectivity index (χ3v) is 5.99. The highest BCUT2D eigenvalue weighted by molar-refractivity contribution is 7.16. The number of rotatable bonds is 1. The zero-order valence-corrected chi connectivity index (χ0v) is 14.6. The van der Waals surface area contributed by atoms with E-state index >= 15 is 0 Å². The van der Waals surface area contributed by atoms with Gasteiger partial charge in [-0.05, 0) is 30.9 Å². The van der Waals surface area contributed by atoms with Gasteiger partial charge in [0.2, 0.25) is 0 Å². The van der Waals surface area contributed by atoms with Gasteiger partial charge < -0.3 is 0 Å². The van der Waals surface area contributed by atoms with E-state index < -0.39 is 0 Å². The van der Waals surface area contributed by atoms with Gasteiger partial charge in [-0.2, -0.15) is 0 Å². The predicted molar refractivity (Wildman–Crippen MR) is 96.6 cm³/mol. The highest BCUT2D eigenvalue weighted by Gasteiger charge is 2.43. The maximum Gasteiger partial charge on any atom is 0.142 e. The molecule has 0 N–H and O–H groups in total. The molecule has 0 atom stereocenters. The van der Waals surface area contributed by atoms with Crippen LogP contribution in [0.4, 0.5) is 0 Å². The summed E-state index contributed by atoms with van der Waals surface area (Å²) >= 11 is 1.62. The van der Waals surface area contributed by atoms with E-state index in [0.717, 1.165) is 21.8 Å². The summed E-state index contributed by atoms with van der Waals surface area (Å²) in [4.78, 5) is 15.4. The van der Waals surface area contributed by atoms with Crippen molar-refractivity contribution in [1.29, 1.82) is 0 Å². The molecule has 1 aliphatic heterocycles. The molecule has 4 heteroatoms. The average molecular weight is 321 g/mol. The van der Waals surface area contributed by atoms with Crippen molar-refractivity contribution in [3.63, 3.8) is 0 Å². The minimum absolute atomic E-state index is 0.0342. The Bertz CT molecular complexity index is 934. The highest BCUT2D eigenvalue weighted by atomic mass is 32.1. The summed E-state index contributed by atoms with van der Waals surface area (Å²) in [5.74, 6) is 0. The molecular weight excluding hydrogens is 302 g/mol. The molecule has 0 saturated carbocycles. The van der Waals surface area contributed by atoms with Crippen molar-refractivity contribution in [2.45, 2.75) is 38.6 Å². The molecule has 3 nitrogen and oxygen atoms in total. The van der Waals surface area contributed by atoms with E-state index in [1.807, 2.05) is 17.6 Å². The van der Waals surface area contributed by atoms with Gasteiger partial charge in [0.15, 0.2) is 0 Å². The van der Waals surface area contributed by atoms with Gasteiger partial charge in [-0.1, -0.05) is 38.1 Å². The number of aromatic nitrogens is 2. The normalized spacial score (nSPS) is 18.5. The largest absolute Gasteiger partial charge is 0.275 e. The van der Waals surface area contributed by atoms with Gasteiger partial charge in [0.25, 0.3) is 0 Å². The van der Waals surface area contributed by atoms with E-state index in [0.29, 0.717) is 0 Å². The molecule has 0 bridgehead atoms. The number of hydrogen-bond acceptors (Lipinski definition) is 4. The fourth-order valence-electron chi connectivity index (χ4n) is 3.10. The summed E-state index contributed by atoms with van der Waals surface area (Å²) in [6, 6.07) is 10.5. The van der Waals surface area contributed by atoms with Crippen LogP contribution in [-0.4, -0.2) is 21.2 Å². The van der Waals surface area contributed by atoms with Crippen LogP contribution in [0.15, 0.2) is 46.9 Å². The average Bonchev–Trinajstić information content (AvgIpc) is 2.99. The van der Waals surface area contributed by atoms with Gasteiger partial charge in [0.1, 0.15) is 10.5 Å². The van der Waals surface area contributed by atoms with Crippen LogP contribution >= 0.6 is 11.3 Å². The van der Waals surface area contributed by atoms with E-state index in [9.17, 15) is 0 Å². The molecule has 2 aromatic heterocycles. The minimum Gasteiger partial charge on any atom is -0.275 e. The monoisotopic (exact) mass is 321 g/mol. The van der Waals surface area contributed by atoms with Crippen molar-refractivity contribution in [3.8, 4) is 0 Å². The molecule has 0 saturated heterocycles. The molecule has 0 radical (unpaired) electrons. The minimum atomic E-state index is -0.206. The zero-order chi connectivity index (χ0) is 16.2. The van der Waals surface area contributed by atoms with Crippen molar-refractivity contribution in [2.24, 2.45) is 4.99 Å². The van der Waals surface area contributed by atoms with Crippen LogP contribution in [0.5, 0.6) is 0 Å². The number of thiophene rings is 1. The number of fused-ring (bicyclic) bond motifs is 2. The van der Waals surface area contributed by atoms with Crippen molar-refractivity contribution >= 4 is 27.4 Å². The van der Waals surface area contributed by atoms with Crippen LogP contribution in [0.1, 0.15) is 44.5 Å². The number of hydrogen-bond donors (Lipinski definition) is 0. The second-order valence-corrected chi connectivity index (χ2v) is 7.95. The van der Waals surface area contributed by atoms with E-state index in [-0.39, 0.29) is 11.0 Å². The first kappa shape index (κ1) is 14.5. The van der Waals surface area contributed by atoms with Gasteiger partial charge in [-0.15, -0.1) is 11.3 Å². The van der Waals surface area contributed by atoms with Crippen molar-refractivity contribution in [2.75, 3.05) is 0 Å². The molecule has 0 amide bonds. The number of nitrogens with zero attached hydrogens (tertiary/aromatic N) is 3. The fraction of sp³-hybridized carbons (Fsp3) is 0.316. The second-order valence-electron chi connectivity index (χ2n) is 7.06. The first-order chi connectivity index (χ1) is 10.9. The SMILES string of the molecule is CC1(C)N=C(c2cnc3ccsc3n2)c2ccccc2C1(C)C. The molecule has 1 aliphatic rings. The lowest BCUT2D eigenvalue weighted by Crippen LogP contribution is -2.46. The predicted octanol–water partition coefficient (Wildman–Crippen LogP) is 4.60. The van der Waals surface area contributed by atoms with E-state index in [1.54, 1.807) is 11.3 Å². The van der Waals surface area contributed by atoms with Crippen LogP contribution < -0.4 is 0 Å². The van der Waals surface area contributed by atoms with Crippen LogP contribution in [0.2, 0.25) is 0 Å². The van der Waals surface area contributed by atoms with E-state index in [1.165, 1.54) is 11.1 Å². The highest BCUT2D eigenvalue weighted by Crippen LogP contribution is 2.43. The molecule has 1 aromatic carbocycles. The molecule has 4 rings (SSSR count). The molecule has 0 aliphatic carbocycles. The Kier molecular flexibility index (Phi) is 2.97. The van der Waals surface area contributed by atoms with Crippen molar-refractivity contribution < 1.29 is 0 Å². The Balaban J connectivity index is 1.98. The van der Waals surface area contributed by atoms with E-state index in [2.05, 4.69) is 56.9 Å². The standard InChI is InChI=1S/C19H19N3S/c1-18(2)13-8-6-5-7-12(13)16(22-19(18,3)4)15-11-20-14-9-10-23-17(14)21-15/h5-11H,1-4H3. The van der Waals surface area contributed by atoms with Gasteiger partial charge in [0, 0.05) is 11.0 Å². The summed E-state index contributed by atoms with van der Waals surface area (Å²) in [6.07, 6.45) is 1.85. The third kappa shape index (κ3) is 2.05. The summed E-state index contributed by atoms with van der Waals surface area (Å²) in [5.41, 5.74) is 5.01. The van der Waals surface area contributed by atoms with E-state index in [4.69, 9.17) is 9.98 Å². The Morgan fingerprint density at radius 2 is 1.78 bits per heavy atom. The van der Waals surface area contributed by atoms with Crippen molar-refractivity contribution in [3.05, 3.63) is 58.7 Å². The van der Waals surface area contributed by atoms with Gasteiger partial charge >= 0.3 is 0 Å². The maximum absolute atomic E-state index is 5.09. The summed E-state index contributed by atoms with van der Waals surface area (Å²) in [6.45, 7) is 8.92. The summed E-state index contributed by atoms with van der Waals surface area (Å²) < 4.78 is 0. The van der Waals surface area contributed by atoms with Gasteiger partial charge in [0.05, 0.1) is 23.0 Å². The molecule has 0 fully saturated rings. The fourth-order valence-corrected chi connectivity index (χ4v) is 3.82. The smallest absolute Gasteiger partial charge is 0.142 e. The Morgan fingerprint density at radius 3 is 2.61 bits per heavy atom. The lowest BCUT2D eigenvalue weighted by Gasteiger charge is -2.44. The molecule has 23 heavy (non-hydrogen) atoms. The first-order valence-electron chi connectivity index (χ1n) is 7.80. The lowest BCUT2D eigenvalue weighted by molar-refractivity contribution is 0.303. The van der Waals surface area contributed by atoms with Crippen LogP contribution in [0.25, 0.3) is 10.3 Å². The molecule has 3 aromatic rings. The zero-order valence-electron chi connectivity index (χ0n) is 13.8. The molecule has 0 spiro atoms. The van der Waals surface area contributed by atoms with Crippen LogP contribution in [0, 0.1) is 0 Å². The summed E-state index contributed by atoms with van der Waals surface area (Å²) in [5, 5.41) is 2.03. The third-order valence-electron chi connectivity index (χ3n) is 5.19. The molecule has 3 heterocycles.